The summed E-state index contributed by atoms with van der Waals surface area (Å²) in [5.41, 5.74) is 0.426. The average Bonchev–Trinajstić information content (AvgIpc) is 2.69. The highest BCUT2D eigenvalue weighted by molar-refractivity contribution is 6.04. The first-order valence-corrected chi connectivity index (χ1v) is 9.76. The van der Waals surface area contributed by atoms with Crippen LogP contribution < -0.4 is 18.9 Å². The van der Waals surface area contributed by atoms with E-state index in [-0.39, 0.29) is 28.6 Å². The van der Waals surface area contributed by atoms with Crippen molar-refractivity contribution in [3.05, 3.63) is 47.5 Å². The Balaban J connectivity index is 2.08. The number of hydrogen-bond donors (Lipinski definition) is 0. The lowest BCUT2D eigenvalue weighted by Gasteiger charge is -2.32. The van der Waals surface area contributed by atoms with Crippen LogP contribution in [0.5, 0.6) is 23.0 Å². The topological polar surface area (TPSA) is 132 Å². The van der Waals surface area contributed by atoms with Crippen LogP contribution in [0.25, 0.3) is 0 Å². The lowest BCUT2D eigenvalue weighted by Crippen LogP contribution is -2.39. The molecule has 0 N–H and O–H groups in total. The second-order valence-electron chi connectivity index (χ2n) is 7.08. The van der Waals surface area contributed by atoms with E-state index in [1.807, 2.05) is 0 Å². The minimum Gasteiger partial charge on any atom is -0.480 e. The molecule has 0 saturated heterocycles. The highest BCUT2D eigenvalue weighted by Crippen LogP contribution is 2.41. The fourth-order valence-corrected chi connectivity index (χ4v) is 3.23. The van der Waals surface area contributed by atoms with Crippen LogP contribution in [0.2, 0.25) is 0 Å². The molecule has 2 aromatic carbocycles. The Labute approximate surface area is 188 Å². The van der Waals surface area contributed by atoms with Gasteiger partial charge in [-0.3, -0.25) is 24.0 Å². The van der Waals surface area contributed by atoms with Gasteiger partial charge in [0, 0.05) is 39.3 Å². The number of rotatable bonds is 5. The molecule has 10 heteroatoms. The van der Waals surface area contributed by atoms with Crippen molar-refractivity contribution in [3.63, 3.8) is 0 Å². The monoisotopic (exact) mass is 456 g/mol. The van der Waals surface area contributed by atoms with Crippen LogP contribution in [-0.4, -0.2) is 35.8 Å². The largest absolute Gasteiger partial charge is 0.480 e. The number of benzene rings is 2. The molecule has 2 aromatic rings. The van der Waals surface area contributed by atoms with E-state index < -0.39 is 41.9 Å². The van der Waals surface area contributed by atoms with Gasteiger partial charge in [0.05, 0.1) is 5.56 Å². The lowest BCUT2D eigenvalue weighted by atomic mass is 9.93. The maximum atomic E-state index is 13.1. The Morgan fingerprint density at radius 3 is 2.00 bits per heavy atom. The molecular weight excluding hydrogens is 436 g/mol. The fraction of sp³-hybridized carbons (Fsp3) is 0.261. The quantitative estimate of drug-likeness (QED) is 0.489. The lowest BCUT2D eigenvalue weighted by molar-refractivity contribution is -0.149. The molecule has 0 aliphatic carbocycles. The minimum atomic E-state index is -1.35. The Kier molecular flexibility index (Phi) is 6.76. The van der Waals surface area contributed by atoms with E-state index in [2.05, 4.69) is 0 Å². The highest BCUT2D eigenvalue weighted by Gasteiger charge is 2.41. The minimum absolute atomic E-state index is 0.0230. The number of carbonyl (C=O) groups excluding carboxylic acids is 5. The molecule has 1 heterocycles. The summed E-state index contributed by atoms with van der Waals surface area (Å²) in [7, 11) is 0. The van der Waals surface area contributed by atoms with Crippen LogP contribution >= 0.6 is 0 Å². The number of ketones is 1. The van der Waals surface area contributed by atoms with Crippen molar-refractivity contribution in [2.45, 2.75) is 39.9 Å². The van der Waals surface area contributed by atoms with E-state index in [4.69, 9.17) is 23.7 Å². The van der Waals surface area contributed by atoms with E-state index in [0.717, 1.165) is 6.92 Å². The predicted molar refractivity (Wildman–Crippen MR) is 110 cm³/mol. The van der Waals surface area contributed by atoms with Crippen molar-refractivity contribution in [3.8, 4) is 23.0 Å². The van der Waals surface area contributed by atoms with Crippen molar-refractivity contribution in [2.24, 2.45) is 0 Å². The summed E-state index contributed by atoms with van der Waals surface area (Å²) in [5.74, 6) is -2.97. The zero-order chi connectivity index (χ0) is 24.3. The number of fused-ring (bicyclic) bond motifs is 1. The van der Waals surface area contributed by atoms with Crippen molar-refractivity contribution in [1.29, 1.82) is 0 Å². The van der Waals surface area contributed by atoms with Crippen LogP contribution in [0, 0.1) is 0 Å². The Morgan fingerprint density at radius 2 is 1.39 bits per heavy atom. The summed E-state index contributed by atoms with van der Waals surface area (Å²) in [6.07, 6.45) is -2.48. The predicted octanol–water partition coefficient (Wildman–Crippen LogP) is 2.71. The molecule has 2 atom stereocenters. The first kappa shape index (κ1) is 23.5. The Bertz CT molecular complexity index is 1150. The van der Waals surface area contributed by atoms with Gasteiger partial charge in [-0.2, -0.15) is 0 Å². The number of hydrogen-bond acceptors (Lipinski definition) is 10. The molecule has 0 bridgehead atoms. The zero-order valence-electron chi connectivity index (χ0n) is 18.2. The molecule has 0 fully saturated rings. The van der Waals surface area contributed by atoms with Crippen LogP contribution in [0.4, 0.5) is 0 Å². The molecule has 0 aromatic heterocycles. The first-order valence-electron chi connectivity index (χ1n) is 9.76. The van der Waals surface area contributed by atoms with Gasteiger partial charge in [0.25, 0.3) is 0 Å². The van der Waals surface area contributed by atoms with E-state index in [0.29, 0.717) is 5.56 Å². The van der Waals surface area contributed by atoms with Gasteiger partial charge in [-0.25, -0.2) is 0 Å². The number of Topliss-reactive ketones (excluding diaryl/α,β-unsaturated/α-hetero) is 1. The summed E-state index contributed by atoms with van der Waals surface area (Å²) in [6, 6.07) is 8.36. The second kappa shape index (κ2) is 9.51. The average molecular weight is 456 g/mol. The molecule has 1 aliphatic heterocycles. The zero-order valence-corrected chi connectivity index (χ0v) is 18.2. The first-order chi connectivity index (χ1) is 15.5. The maximum Gasteiger partial charge on any atom is 0.308 e. The van der Waals surface area contributed by atoms with E-state index in [9.17, 15) is 24.0 Å². The standard InChI is InChI=1S/C23H20O10/c1-11(24)29-16-6-7-17-19(10-16)33-22(23(21(17)28)32-14(4)27)15-5-8-18(30-12(2)25)20(9-15)31-13(3)26/h5-10,22-23H,1-4H3/t22-,23+/m1/s1. The molecule has 1 aliphatic rings. The number of ether oxygens (including phenoxy) is 5. The Morgan fingerprint density at radius 1 is 0.758 bits per heavy atom. The van der Waals surface area contributed by atoms with Gasteiger partial charge in [0.1, 0.15) is 11.5 Å². The van der Waals surface area contributed by atoms with Crippen molar-refractivity contribution < 1.29 is 47.7 Å². The number of carbonyl (C=O) groups is 5. The summed E-state index contributed by atoms with van der Waals surface area (Å²) in [5, 5.41) is 0. The second-order valence-corrected chi connectivity index (χ2v) is 7.08. The van der Waals surface area contributed by atoms with Crippen LogP contribution in [-0.2, 0) is 23.9 Å². The summed E-state index contributed by atoms with van der Waals surface area (Å²) in [6.45, 7) is 4.73. The van der Waals surface area contributed by atoms with Gasteiger partial charge in [-0.05, 0) is 24.3 Å². The molecule has 172 valence electrons. The Hall–Kier alpha value is -4.21. The van der Waals surface area contributed by atoms with Crippen LogP contribution in [0.3, 0.4) is 0 Å². The van der Waals surface area contributed by atoms with Gasteiger partial charge in [-0.15, -0.1) is 0 Å². The third-order valence-electron chi connectivity index (χ3n) is 4.36. The van der Waals surface area contributed by atoms with Crippen LogP contribution in [0.15, 0.2) is 36.4 Å². The normalized spacial score (nSPS) is 16.7. The van der Waals surface area contributed by atoms with Gasteiger partial charge < -0.3 is 23.7 Å². The highest BCUT2D eigenvalue weighted by atomic mass is 16.6. The summed E-state index contributed by atoms with van der Waals surface area (Å²) in [4.78, 5) is 59.0. The van der Waals surface area contributed by atoms with Crippen molar-refractivity contribution in [2.75, 3.05) is 0 Å². The number of esters is 4. The van der Waals surface area contributed by atoms with Crippen molar-refractivity contribution >= 4 is 29.7 Å². The molecular formula is C23H20O10. The molecule has 0 radical (unpaired) electrons. The molecule has 33 heavy (non-hydrogen) atoms. The molecule has 0 saturated carbocycles. The van der Waals surface area contributed by atoms with Gasteiger partial charge >= 0.3 is 23.9 Å². The van der Waals surface area contributed by atoms with Gasteiger partial charge in [0.15, 0.2) is 17.6 Å². The molecule has 0 amide bonds. The molecule has 0 spiro atoms. The third-order valence-corrected chi connectivity index (χ3v) is 4.36. The van der Waals surface area contributed by atoms with Crippen molar-refractivity contribution in [1.82, 2.24) is 0 Å². The molecule has 0 unspecified atom stereocenters. The van der Waals surface area contributed by atoms with E-state index >= 15 is 0 Å². The van der Waals surface area contributed by atoms with Crippen LogP contribution in [0.1, 0.15) is 49.7 Å². The van der Waals surface area contributed by atoms with Gasteiger partial charge in [-0.1, -0.05) is 6.07 Å². The third kappa shape index (κ3) is 5.53. The summed E-state index contributed by atoms with van der Waals surface area (Å²) >= 11 is 0. The molecule has 10 nitrogen and oxygen atoms in total. The smallest absolute Gasteiger partial charge is 0.308 e. The SMILES string of the molecule is CC(=O)Oc1ccc2c(c1)O[C@H](c1ccc(OC(C)=O)c(OC(C)=O)c1)[C@@H](OC(C)=O)C2=O. The fourth-order valence-electron chi connectivity index (χ4n) is 3.23. The van der Waals surface area contributed by atoms with E-state index in [1.54, 1.807) is 0 Å². The van der Waals surface area contributed by atoms with Gasteiger partial charge in [0.2, 0.25) is 11.9 Å². The maximum absolute atomic E-state index is 13.1. The van der Waals surface area contributed by atoms with E-state index in [1.165, 1.54) is 57.2 Å². The molecule has 3 rings (SSSR count). The summed E-state index contributed by atoms with van der Waals surface area (Å²) < 4.78 is 26.4.